The average Bonchev–Trinajstić information content (AvgIpc) is 2.77. The molecule has 0 bridgehead atoms. The second kappa shape index (κ2) is 7.35. The first-order valence-electron chi connectivity index (χ1n) is 6.52. The van der Waals surface area contributed by atoms with Crippen molar-refractivity contribution in [3.05, 3.63) is 15.8 Å². The van der Waals surface area contributed by atoms with Crippen molar-refractivity contribution in [2.75, 3.05) is 27.7 Å². The molecule has 1 atom stereocenters. The molecule has 1 aromatic rings. The number of hydrogen-bond acceptors (Lipinski definition) is 6. The molecule has 1 heterocycles. The Kier molecular flexibility index (Phi) is 6.33. The molecule has 0 radical (unpaired) electrons. The number of hydrogen-bond donors (Lipinski definition) is 1. The lowest BCUT2D eigenvalue weighted by Crippen LogP contribution is -2.35. The van der Waals surface area contributed by atoms with Crippen LogP contribution in [0.25, 0.3) is 0 Å². The van der Waals surface area contributed by atoms with Crippen LogP contribution in [0.15, 0.2) is 10.3 Å². The third-order valence-corrected chi connectivity index (χ3v) is 5.91. The van der Waals surface area contributed by atoms with Crippen LogP contribution in [0, 0.1) is 6.92 Å². The number of carbonyl (C=O) groups excluding carboxylic acids is 1. The number of thiophene rings is 1. The topological polar surface area (TPSA) is 75.7 Å². The molecule has 0 amide bonds. The quantitative estimate of drug-likeness (QED) is 0.764. The van der Waals surface area contributed by atoms with Crippen molar-refractivity contribution in [2.45, 2.75) is 31.2 Å². The van der Waals surface area contributed by atoms with Gasteiger partial charge in [0.1, 0.15) is 9.77 Å². The fourth-order valence-corrected chi connectivity index (χ4v) is 4.82. The lowest BCUT2D eigenvalue weighted by molar-refractivity contribution is 0.0602. The molecule has 0 aliphatic rings. The fourth-order valence-electron chi connectivity index (χ4n) is 1.84. The van der Waals surface area contributed by atoms with Crippen LogP contribution in [0.1, 0.15) is 28.6 Å². The van der Waals surface area contributed by atoms with Gasteiger partial charge in [0, 0.05) is 6.04 Å². The summed E-state index contributed by atoms with van der Waals surface area (Å²) in [6, 6.07) is -0.220. The number of carbonyl (C=O) groups is 1. The highest BCUT2D eigenvalue weighted by atomic mass is 32.2. The Bertz CT molecular complexity index is 593. The molecule has 21 heavy (non-hydrogen) atoms. The second-order valence-electron chi connectivity index (χ2n) is 5.18. The molecular weight excluding hydrogens is 312 g/mol. The second-order valence-corrected chi connectivity index (χ2v) is 7.71. The molecule has 1 unspecified atom stereocenters. The SMILES string of the molecule is COC(=O)c1scc(C)c1S(=O)(=O)NC(C)CCN(C)C. The van der Waals surface area contributed by atoms with Crippen molar-refractivity contribution >= 4 is 27.3 Å². The summed E-state index contributed by atoms with van der Waals surface area (Å²) in [7, 11) is 1.36. The van der Waals surface area contributed by atoms with E-state index in [2.05, 4.69) is 9.46 Å². The van der Waals surface area contributed by atoms with E-state index in [4.69, 9.17) is 0 Å². The smallest absolute Gasteiger partial charge is 0.349 e. The van der Waals surface area contributed by atoms with Crippen molar-refractivity contribution in [3.63, 3.8) is 0 Å². The monoisotopic (exact) mass is 334 g/mol. The Hall–Kier alpha value is -0.960. The Morgan fingerprint density at radius 1 is 1.48 bits per heavy atom. The molecule has 1 rings (SSSR count). The molecule has 0 spiro atoms. The normalized spacial score (nSPS) is 13.4. The highest BCUT2D eigenvalue weighted by molar-refractivity contribution is 7.89. The molecule has 1 aromatic heterocycles. The van der Waals surface area contributed by atoms with Crippen molar-refractivity contribution in [1.82, 2.24) is 9.62 Å². The highest BCUT2D eigenvalue weighted by Gasteiger charge is 2.28. The van der Waals surface area contributed by atoms with E-state index in [9.17, 15) is 13.2 Å². The minimum absolute atomic E-state index is 0.0241. The Morgan fingerprint density at radius 2 is 2.10 bits per heavy atom. The predicted molar refractivity (Wildman–Crippen MR) is 83.4 cm³/mol. The van der Waals surface area contributed by atoms with Gasteiger partial charge in [-0.05, 0) is 51.9 Å². The summed E-state index contributed by atoms with van der Waals surface area (Å²) in [4.78, 5) is 13.8. The maximum atomic E-state index is 12.5. The van der Waals surface area contributed by atoms with Crippen molar-refractivity contribution < 1.29 is 17.9 Å². The zero-order chi connectivity index (χ0) is 16.2. The van der Waals surface area contributed by atoms with Gasteiger partial charge in [0.15, 0.2) is 0 Å². The van der Waals surface area contributed by atoms with Gasteiger partial charge in [-0.15, -0.1) is 11.3 Å². The number of nitrogens with zero attached hydrogens (tertiary/aromatic N) is 1. The first kappa shape index (κ1) is 18.1. The van der Waals surface area contributed by atoms with E-state index in [1.54, 1.807) is 19.2 Å². The van der Waals surface area contributed by atoms with Crippen LogP contribution in [0.3, 0.4) is 0 Å². The molecule has 8 heteroatoms. The largest absolute Gasteiger partial charge is 0.465 e. The van der Waals surface area contributed by atoms with Crippen LogP contribution in [-0.4, -0.2) is 53.1 Å². The van der Waals surface area contributed by atoms with Crippen LogP contribution < -0.4 is 4.72 Å². The zero-order valence-corrected chi connectivity index (χ0v) is 14.6. The van der Waals surface area contributed by atoms with E-state index in [0.29, 0.717) is 12.0 Å². The van der Waals surface area contributed by atoms with E-state index in [0.717, 1.165) is 17.9 Å². The van der Waals surface area contributed by atoms with Gasteiger partial charge in [-0.1, -0.05) is 0 Å². The summed E-state index contributed by atoms with van der Waals surface area (Å²) in [5.41, 5.74) is 0.549. The zero-order valence-electron chi connectivity index (χ0n) is 13.0. The maximum absolute atomic E-state index is 12.5. The maximum Gasteiger partial charge on any atom is 0.349 e. The number of ether oxygens (including phenoxy) is 1. The van der Waals surface area contributed by atoms with Gasteiger partial charge in [0.2, 0.25) is 10.0 Å². The standard InChI is InChI=1S/C13H22N2O4S2/c1-9-8-20-11(13(16)19-5)12(9)21(17,18)14-10(2)6-7-15(3)4/h8,10,14H,6-7H2,1-5H3. The third-order valence-electron chi connectivity index (χ3n) is 2.92. The summed E-state index contributed by atoms with van der Waals surface area (Å²) >= 11 is 1.08. The first-order valence-corrected chi connectivity index (χ1v) is 8.88. The van der Waals surface area contributed by atoms with Gasteiger partial charge in [-0.2, -0.15) is 0 Å². The molecule has 0 aromatic carbocycles. The third kappa shape index (κ3) is 4.77. The minimum atomic E-state index is -3.74. The summed E-state index contributed by atoms with van der Waals surface area (Å²) in [6.45, 7) is 4.25. The van der Waals surface area contributed by atoms with Crippen LogP contribution in [-0.2, 0) is 14.8 Å². The Morgan fingerprint density at radius 3 is 2.62 bits per heavy atom. The minimum Gasteiger partial charge on any atom is -0.465 e. The summed E-state index contributed by atoms with van der Waals surface area (Å²) in [5, 5.41) is 1.64. The molecule has 0 saturated heterocycles. The Balaban J connectivity index is 2.98. The van der Waals surface area contributed by atoms with Crippen LogP contribution in [0.5, 0.6) is 0 Å². The van der Waals surface area contributed by atoms with E-state index < -0.39 is 16.0 Å². The average molecular weight is 334 g/mol. The number of rotatable bonds is 7. The molecule has 0 fully saturated rings. The predicted octanol–water partition coefficient (Wildman–Crippen LogP) is 1.46. The van der Waals surface area contributed by atoms with Crippen LogP contribution in [0.2, 0.25) is 0 Å². The molecule has 0 aliphatic heterocycles. The van der Waals surface area contributed by atoms with Gasteiger partial charge in [0.25, 0.3) is 0 Å². The molecule has 1 N–H and O–H groups in total. The molecule has 120 valence electrons. The molecular formula is C13H22N2O4S2. The van der Waals surface area contributed by atoms with Gasteiger partial charge in [-0.25, -0.2) is 17.9 Å². The molecule has 0 saturated carbocycles. The van der Waals surface area contributed by atoms with Crippen LogP contribution in [0.4, 0.5) is 0 Å². The summed E-state index contributed by atoms with van der Waals surface area (Å²) < 4.78 is 32.2. The van der Waals surface area contributed by atoms with Crippen molar-refractivity contribution in [1.29, 1.82) is 0 Å². The van der Waals surface area contributed by atoms with E-state index in [-0.39, 0.29) is 15.8 Å². The van der Waals surface area contributed by atoms with Crippen LogP contribution >= 0.6 is 11.3 Å². The molecule has 6 nitrogen and oxygen atoms in total. The lowest BCUT2D eigenvalue weighted by Gasteiger charge is -2.17. The highest BCUT2D eigenvalue weighted by Crippen LogP contribution is 2.27. The fraction of sp³-hybridized carbons (Fsp3) is 0.615. The number of methoxy groups -OCH3 is 1. The van der Waals surface area contributed by atoms with Crippen molar-refractivity contribution in [3.8, 4) is 0 Å². The van der Waals surface area contributed by atoms with Gasteiger partial charge in [0.05, 0.1) is 7.11 Å². The number of esters is 1. The van der Waals surface area contributed by atoms with Gasteiger partial charge in [-0.3, -0.25) is 0 Å². The number of nitrogens with one attached hydrogen (secondary N) is 1. The van der Waals surface area contributed by atoms with E-state index >= 15 is 0 Å². The summed E-state index contributed by atoms with van der Waals surface area (Å²) in [6.07, 6.45) is 0.684. The van der Waals surface area contributed by atoms with Gasteiger partial charge >= 0.3 is 5.97 Å². The number of sulfonamides is 1. The van der Waals surface area contributed by atoms with Crippen molar-refractivity contribution in [2.24, 2.45) is 0 Å². The number of aryl methyl sites for hydroxylation is 1. The molecule has 0 aliphatic carbocycles. The summed E-state index contributed by atoms with van der Waals surface area (Å²) in [5.74, 6) is -0.630. The lowest BCUT2D eigenvalue weighted by atomic mass is 10.2. The van der Waals surface area contributed by atoms with Gasteiger partial charge < -0.3 is 9.64 Å². The Labute approximate surface area is 130 Å². The van der Waals surface area contributed by atoms with E-state index in [1.807, 2.05) is 19.0 Å². The van der Waals surface area contributed by atoms with E-state index in [1.165, 1.54) is 7.11 Å². The first-order chi connectivity index (χ1) is 9.69.